The molecule has 0 unspecified atom stereocenters. The summed E-state index contributed by atoms with van der Waals surface area (Å²) in [6.07, 6.45) is 4.42. The molecule has 0 amide bonds. The predicted molar refractivity (Wildman–Crippen MR) is 68.1 cm³/mol. The summed E-state index contributed by atoms with van der Waals surface area (Å²) in [4.78, 5) is 12.9. The maximum absolute atomic E-state index is 4.51. The summed E-state index contributed by atoms with van der Waals surface area (Å²) >= 11 is 0. The number of anilines is 1. The van der Waals surface area contributed by atoms with Crippen molar-refractivity contribution in [1.82, 2.24) is 15.0 Å². The first kappa shape index (κ1) is 11.5. The van der Waals surface area contributed by atoms with Crippen LogP contribution in [0.2, 0.25) is 0 Å². The molecule has 0 spiro atoms. The zero-order chi connectivity index (χ0) is 12.3. The number of hydrogen-bond acceptors (Lipinski definition) is 4. The molecule has 0 radical (unpaired) electrons. The number of pyridine rings is 1. The summed E-state index contributed by atoms with van der Waals surface area (Å²) < 4.78 is 0. The van der Waals surface area contributed by atoms with E-state index in [4.69, 9.17) is 0 Å². The molecule has 1 N–H and O–H groups in total. The molecule has 4 heteroatoms. The summed E-state index contributed by atoms with van der Waals surface area (Å²) in [5.41, 5.74) is 3.38. The second-order valence-electron chi connectivity index (χ2n) is 3.97. The van der Waals surface area contributed by atoms with Crippen LogP contribution in [0.1, 0.15) is 22.6 Å². The first-order valence-electron chi connectivity index (χ1n) is 5.61. The Morgan fingerprint density at radius 2 is 1.82 bits per heavy atom. The van der Waals surface area contributed by atoms with E-state index in [0.717, 1.165) is 29.3 Å². The van der Waals surface area contributed by atoms with Crippen molar-refractivity contribution in [2.75, 3.05) is 12.4 Å². The van der Waals surface area contributed by atoms with Gasteiger partial charge in [0.05, 0.1) is 5.69 Å². The Kier molecular flexibility index (Phi) is 3.32. The van der Waals surface area contributed by atoms with E-state index < -0.39 is 0 Å². The van der Waals surface area contributed by atoms with Gasteiger partial charge in [0.1, 0.15) is 11.6 Å². The normalized spacial score (nSPS) is 10.3. The van der Waals surface area contributed by atoms with Crippen LogP contribution in [-0.4, -0.2) is 22.0 Å². The summed E-state index contributed by atoms with van der Waals surface area (Å²) in [5, 5.41) is 3.10. The largest absolute Gasteiger partial charge is 0.373 e. The second kappa shape index (κ2) is 4.91. The fourth-order valence-electron chi connectivity index (χ4n) is 1.80. The minimum absolute atomic E-state index is 0.795. The van der Waals surface area contributed by atoms with Gasteiger partial charge in [-0.05, 0) is 31.5 Å². The van der Waals surface area contributed by atoms with Gasteiger partial charge in [-0.1, -0.05) is 0 Å². The zero-order valence-electron chi connectivity index (χ0n) is 10.4. The van der Waals surface area contributed by atoms with Crippen molar-refractivity contribution in [1.29, 1.82) is 0 Å². The Morgan fingerprint density at radius 3 is 2.47 bits per heavy atom. The number of rotatable bonds is 3. The van der Waals surface area contributed by atoms with Gasteiger partial charge in [0, 0.05) is 31.4 Å². The molecular formula is C13H16N4. The van der Waals surface area contributed by atoms with Crippen LogP contribution in [0, 0.1) is 13.8 Å². The van der Waals surface area contributed by atoms with Crippen molar-refractivity contribution in [2.45, 2.75) is 20.3 Å². The number of nitrogens with one attached hydrogen (secondary N) is 1. The predicted octanol–water partition coefficient (Wildman–Crippen LogP) is 2.12. The lowest BCUT2D eigenvalue weighted by molar-refractivity contribution is 0.944. The molecule has 0 aliphatic heterocycles. The topological polar surface area (TPSA) is 50.7 Å². The molecule has 0 atom stereocenters. The smallest absolute Gasteiger partial charge is 0.132 e. The van der Waals surface area contributed by atoms with Gasteiger partial charge in [-0.3, -0.25) is 4.98 Å². The van der Waals surface area contributed by atoms with Crippen molar-refractivity contribution >= 4 is 5.82 Å². The van der Waals surface area contributed by atoms with Gasteiger partial charge in [0.15, 0.2) is 0 Å². The van der Waals surface area contributed by atoms with Gasteiger partial charge < -0.3 is 5.32 Å². The number of aromatic nitrogens is 3. The highest BCUT2D eigenvalue weighted by Crippen LogP contribution is 2.17. The van der Waals surface area contributed by atoms with Crippen LogP contribution in [0.15, 0.2) is 24.5 Å². The number of nitrogens with zero attached hydrogens (tertiary/aromatic N) is 3. The Hall–Kier alpha value is -1.97. The third kappa shape index (κ3) is 2.58. The second-order valence-corrected chi connectivity index (χ2v) is 3.97. The number of hydrogen-bond donors (Lipinski definition) is 1. The highest BCUT2D eigenvalue weighted by molar-refractivity contribution is 5.46. The molecule has 2 aromatic rings. The molecule has 0 saturated heterocycles. The summed E-state index contributed by atoms with van der Waals surface area (Å²) in [7, 11) is 1.88. The van der Waals surface area contributed by atoms with Gasteiger partial charge >= 0.3 is 0 Å². The van der Waals surface area contributed by atoms with Crippen LogP contribution in [0.4, 0.5) is 5.82 Å². The molecule has 2 rings (SSSR count). The summed E-state index contributed by atoms with van der Waals surface area (Å²) in [6, 6.07) is 4.02. The Balaban J connectivity index is 2.36. The van der Waals surface area contributed by atoms with E-state index in [-0.39, 0.29) is 0 Å². The first-order chi connectivity index (χ1) is 8.20. The van der Waals surface area contributed by atoms with Gasteiger partial charge in [0.2, 0.25) is 0 Å². The van der Waals surface area contributed by atoms with Crippen molar-refractivity contribution < 1.29 is 0 Å². The molecule has 0 fully saturated rings. The van der Waals surface area contributed by atoms with Crippen LogP contribution in [-0.2, 0) is 6.42 Å². The van der Waals surface area contributed by atoms with E-state index in [1.165, 1.54) is 5.56 Å². The molecule has 0 aliphatic rings. The Labute approximate surface area is 101 Å². The molecule has 0 bridgehead atoms. The van der Waals surface area contributed by atoms with Crippen LogP contribution in [0.3, 0.4) is 0 Å². The molecule has 0 saturated carbocycles. The monoisotopic (exact) mass is 228 g/mol. The lowest BCUT2D eigenvalue weighted by Gasteiger charge is -2.10. The average Bonchev–Trinajstić information content (AvgIpc) is 2.34. The van der Waals surface area contributed by atoms with Crippen molar-refractivity contribution in [3.05, 3.63) is 47.2 Å². The quantitative estimate of drug-likeness (QED) is 0.874. The minimum atomic E-state index is 0.795. The summed E-state index contributed by atoms with van der Waals surface area (Å²) in [6.45, 7) is 3.96. The summed E-state index contributed by atoms with van der Waals surface area (Å²) in [5.74, 6) is 1.70. The fourth-order valence-corrected chi connectivity index (χ4v) is 1.80. The van der Waals surface area contributed by atoms with Crippen molar-refractivity contribution in [2.24, 2.45) is 0 Å². The maximum Gasteiger partial charge on any atom is 0.132 e. The molecule has 4 nitrogen and oxygen atoms in total. The molecule has 2 heterocycles. The van der Waals surface area contributed by atoms with E-state index in [1.54, 1.807) is 12.4 Å². The van der Waals surface area contributed by atoms with Crippen molar-refractivity contribution in [3.8, 4) is 0 Å². The zero-order valence-corrected chi connectivity index (χ0v) is 10.4. The molecule has 88 valence electrons. The van der Waals surface area contributed by atoms with Crippen LogP contribution < -0.4 is 5.32 Å². The molecule has 0 aliphatic carbocycles. The SMILES string of the molecule is CNc1nc(C)nc(Cc2ccncc2)c1C. The van der Waals surface area contributed by atoms with Crippen LogP contribution in [0.25, 0.3) is 0 Å². The van der Waals surface area contributed by atoms with E-state index in [9.17, 15) is 0 Å². The maximum atomic E-state index is 4.51. The lowest BCUT2D eigenvalue weighted by Crippen LogP contribution is -2.05. The third-order valence-corrected chi connectivity index (χ3v) is 2.72. The van der Waals surface area contributed by atoms with Crippen LogP contribution >= 0.6 is 0 Å². The molecular weight excluding hydrogens is 212 g/mol. The van der Waals surface area contributed by atoms with E-state index in [1.807, 2.05) is 33.0 Å². The Bertz CT molecular complexity index is 508. The molecule has 2 aromatic heterocycles. The third-order valence-electron chi connectivity index (χ3n) is 2.72. The molecule has 17 heavy (non-hydrogen) atoms. The minimum Gasteiger partial charge on any atom is -0.373 e. The van der Waals surface area contributed by atoms with Gasteiger partial charge in [-0.2, -0.15) is 0 Å². The molecule has 0 aromatic carbocycles. The van der Waals surface area contributed by atoms with Gasteiger partial charge in [-0.15, -0.1) is 0 Å². The highest BCUT2D eigenvalue weighted by atomic mass is 15.0. The number of aryl methyl sites for hydroxylation is 1. The van der Waals surface area contributed by atoms with Crippen molar-refractivity contribution in [3.63, 3.8) is 0 Å². The van der Waals surface area contributed by atoms with E-state index in [2.05, 4.69) is 20.3 Å². The van der Waals surface area contributed by atoms with E-state index >= 15 is 0 Å². The highest BCUT2D eigenvalue weighted by Gasteiger charge is 2.08. The van der Waals surface area contributed by atoms with Gasteiger partial charge in [0.25, 0.3) is 0 Å². The first-order valence-corrected chi connectivity index (χ1v) is 5.61. The Morgan fingerprint density at radius 1 is 1.12 bits per heavy atom. The van der Waals surface area contributed by atoms with Gasteiger partial charge in [-0.25, -0.2) is 9.97 Å². The lowest BCUT2D eigenvalue weighted by atomic mass is 10.1. The average molecular weight is 228 g/mol. The van der Waals surface area contributed by atoms with E-state index in [0.29, 0.717) is 0 Å². The standard InChI is InChI=1S/C13H16N4/c1-9-12(8-11-4-6-15-7-5-11)16-10(2)17-13(9)14-3/h4-7H,8H2,1-3H3,(H,14,16,17). The van der Waals surface area contributed by atoms with Crippen LogP contribution in [0.5, 0.6) is 0 Å². The fraction of sp³-hybridized carbons (Fsp3) is 0.308.